The van der Waals surface area contributed by atoms with Gasteiger partial charge < -0.3 is 20.3 Å². The van der Waals surface area contributed by atoms with Crippen LogP contribution in [0.3, 0.4) is 0 Å². The number of imidazole rings is 1. The number of aryl methyl sites for hydroxylation is 1. The molecule has 1 aliphatic heterocycles. The molecule has 3 rings (SSSR count). The number of nitrogens with one attached hydrogen (secondary N) is 2. The Morgan fingerprint density at radius 1 is 1.45 bits per heavy atom. The van der Waals surface area contributed by atoms with Crippen LogP contribution < -0.4 is 5.32 Å². The molecule has 2 aromatic rings. The first-order valence-electron chi connectivity index (χ1n) is 7.83. The maximum Gasteiger partial charge on any atom is 0.317 e. The Bertz CT molecular complexity index is 607. The van der Waals surface area contributed by atoms with E-state index < -0.39 is 0 Å². The molecule has 6 nitrogen and oxygen atoms in total. The number of nitrogens with zero attached hydrogens (tertiary/aromatic N) is 2. The third-order valence-corrected chi connectivity index (χ3v) is 4.14. The normalized spacial score (nSPS) is 18.0. The Morgan fingerprint density at radius 3 is 3.09 bits per heavy atom. The summed E-state index contributed by atoms with van der Waals surface area (Å²) in [5, 5.41) is 12.0. The third kappa shape index (κ3) is 3.39. The smallest absolute Gasteiger partial charge is 0.317 e. The second-order valence-corrected chi connectivity index (χ2v) is 5.82. The predicted molar refractivity (Wildman–Crippen MR) is 84.6 cm³/mol. The number of hydrogen-bond donors (Lipinski definition) is 3. The number of hydrogen-bond acceptors (Lipinski definition) is 3. The van der Waals surface area contributed by atoms with E-state index in [2.05, 4.69) is 15.3 Å². The fraction of sp³-hybridized carbons (Fsp3) is 0.500. The fourth-order valence-electron chi connectivity index (χ4n) is 2.85. The van der Waals surface area contributed by atoms with E-state index in [1.165, 1.54) is 0 Å². The van der Waals surface area contributed by atoms with E-state index in [1.807, 2.05) is 24.3 Å². The average molecular weight is 302 g/mol. The van der Waals surface area contributed by atoms with E-state index in [4.69, 9.17) is 5.11 Å². The summed E-state index contributed by atoms with van der Waals surface area (Å²) in [6.07, 6.45) is 2.56. The van der Waals surface area contributed by atoms with Crippen molar-refractivity contribution in [3.8, 4) is 0 Å². The third-order valence-electron chi connectivity index (χ3n) is 4.14. The Morgan fingerprint density at radius 2 is 2.32 bits per heavy atom. The number of para-hydroxylation sites is 2. The van der Waals surface area contributed by atoms with Crippen molar-refractivity contribution in [1.82, 2.24) is 20.2 Å². The lowest BCUT2D eigenvalue weighted by atomic mass is 10.1. The number of aliphatic hydroxyl groups is 1. The van der Waals surface area contributed by atoms with Gasteiger partial charge in [0.15, 0.2) is 0 Å². The summed E-state index contributed by atoms with van der Waals surface area (Å²) in [6, 6.07) is 7.93. The lowest BCUT2D eigenvalue weighted by Gasteiger charge is -2.16. The fourth-order valence-corrected chi connectivity index (χ4v) is 2.85. The van der Waals surface area contributed by atoms with E-state index in [-0.39, 0.29) is 18.6 Å². The minimum atomic E-state index is -0.0273. The molecule has 118 valence electrons. The first-order chi connectivity index (χ1) is 10.8. The van der Waals surface area contributed by atoms with E-state index in [0.717, 1.165) is 42.7 Å². The molecule has 1 saturated heterocycles. The number of fused-ring (bicyclic) bond motifs is 1. The number of urea groups is 1. The number of carbonyl (C=O) groups is 1. The SMILES string of the molecule is O=C(NCCCc1nc2ccccc2[nH]1)N1CC[C@@H](CO)C1. The maximum absolute atomic E-state index is 12.0. The number of carbonyl (C=O) groups excluding carboxylic acids is 1. The minimum Gasteiger partial charge on any atom is -0.396 e. The van der Waals surface area contributed by atoms with Gasteiger partial charge in [0.1, 0.15) is 5.82 Å². The summed E-state index contributed by atoms with van der Waals surface area (Å²) < 4.78 is 0. The predicted octanol–water partition coefficient (Wildman–Crippen LogP) is 1.52. The van der Waals surface area contributed by atoms with Crippen LogP contribution in [-0.2, 0) is 6.42 Å². The van der Waals surface area contributed by atoms with Crippen molar-refractivity contribution in [2.24, 2.45) is 5.92 Å². The van der Waals surface area contributed by atoms with Crippen LogP contribution in [0.15, 0.2) is 24.3 Å². The van der Waals surface area contributed by atoms with Crippen LogP contribution in [0, 0.1) is 5.92 Å². The summed E-state index contributed by atoms with van der Waals surface area (Å²) in [5.41, 5.74) is 2.03. The van der Waals surface area contributed by atoms with Crippen molar-refractivity contribution in [2.75, 3.05) is 26.2 Å². The highest BCUT2D eigenvalue weighted by molar-refractivity contribution is 5.75. The molecule has 3 N–H and O–H groups in total. The van der Waals surface area contributed by atoms with Crippen LogP contribution in [0.25, 0.3) is 11.0 Å². The van der Waals surface area contributed by atoms with Gasteiger partial charge in [-0.1, -0.05) is 12.1 Å². The van der Waals surface area contributed by atoms with Crippen LogP contribution in [0.2, 0.25) is 0 Å². The molecule has 0 saturated carbocycles. The molecular formula is C16H22N4O2. The summed E-state index contributed by atoms with van der Waals surface area (Å²) in [7, 11) is 0. The molecule has 1 aliphatic rings. The molecule has 1 aromatic heterocycles. The summed E-state index contributed by atoms with van der Waals surface area (Å²) in [6.45, 7) is 2.19. The van der Waals surface area contributed by atoms with Gasteiger partial charge in [-0.3, -0.25) is 0 Å². The highest BCUT2D eigenvalue weighted by Gasteiger charge is 2.25. The summed E-state index contributed by atoms with van der Waals surface area (Å²) >= 11 is 0. The van der Waals surface area contributed by atoms with Crippen LogP contribution in [0.1, 0.15) is 18.7 Å². The Kier molecular flexibility index (Phi) is 4.58. The van der Waals surface area contributed by atoms with Crippen molar-refractivity contribution in [3.05, 3.63) is 30.1 Å². The lowest BCUT2D eigenvalue weighted by molar-refractivity contribution is 0.198. The van der Waals surface area contributed by atoms with Gasteiger partial charge in [-0.25, -0.2) is 9.78 Å². The first kappa shape index (κ1) is 14.8. The molecule has 0 spiro atoms. The Hall–Kier alpha value is -2.08. The summed E-state index contributed by atoms with van der Waals surface area (Å²) in [5.74, 6) is 1.19. The molecule has 22 heavy (non-hydrogen) atoms. The van der Waals surface area contributed by atoms with E-state index in [9.17, 15) is 4.79 Å². The first-order valence-corrected chi connectivity index (χ1v) is 7.83. The van der Waals surface area contributed by atoms with Crippen molar-refractivity contribution >= 4 is 17.1 Å². The highest BCUT2D eigenvalue weighted by Crippen LogP contribution is 2.15. The number of benzene rings is 1. The zero-order valence-corrected chi connectivity index (χ0v) is 12.6. The van der Waals surface area contributed by atoms with E-state index >= 15 is 0 Å². The zero-order valence-electron chi connectivity index (χ0n) is 12.6. The molecule has 6 heteroatoms. The van der Waals surface area contributed by atoms with Gasteiger partial charge in [0.25, 0.3) is 0 Å². The Labute approximate surface area is 129 Å². The number of H-pyrrole nitrogens is 1. The molecule has 2 amide bonds. The molecule has 0 bridgehead atoms. The topological polar surface area (TPSA) is 81.2 Å². The van der Waals surface area contributed by atoms with Crippen molar-refractivity contribution in [3.63, 3.8) is 0 Å². The standard InChI is InChI=1S/C16H22N4O2/c21-11-12-7-9-20(10-12)16(22)17-8-3-6-15-18-13-4-1-2-5-14(13)19-15/h1-2,4-5,12,21H,3,6-11H2,(H,17,22)(H,18,19)/t12-/m1/s1. The molecule has 0 unspecified atom stereocenters. The van der Waals surface area contributed by atoms with Gasteiger partial charge in [0.05, 0.1) is 11.0 Å². The van der Waals surface area contributed by atoms with Crippen LogP contribution in [-0.4, -0.2) is 52.2 Å². The quantitative estimate of drug-likeness (QED) is 0.732. The monoisotopic (exact) mass is 302 g/mol. The molecule has 0 radical (unpaired) electrons. The van der Waals surface area contributed by atoms with Gasteiger partial charge in [0.2, 0.25) is 0 Å². The van der Waals surface area contributed by atoms with Crippen molar-refractivity contribution < 1.29 is 9.90 Å². The number of aliphatic hydroxyl groups excluding tert-OH is 1. The molecule has 1 aromatic carbocycles. The average Bonchev–Trinajstić information content (AvgIpc) is 3.17. The second kappa shape index (κ2) is 6.79. The largest absolute Gasteiger partial charge is 0.396 e. The number of aromatic amines is 1. The van der Waals surface area contributed by atoms with Gasteiger partial charge >= 0.3 is 6.03 Å². The van der Waals surface area contributed by atoms with E-state index in [1.54, 1.807) is 4.90 Å². The van der Waals surface area contributed by atoms with Gasteiger partial charge in [-0.15, -0.1) is 0 Å². The minimum absolute atomic E-state index is 0.0273. The number of amides is 2. The van der Waals surface area contributed by atoms with Gasteiger partial charge in [-0.05, 0) is 25.0 Å². The molecule has 1 atom stereocenters. The number of likely N-dealkylation sites (tertiary alicyclic amines) is 1. The molecule has 0 aliphatic carbocycles. The van der Waals surface area contributed by atoms with Crippen LogP contribution in [0.4, 0.5) is 4.79 Å². The molecular weight excluding hydrogens is 280 g/mol. The second-order valence-electron chi connectivity index (χ2n) is 5.82. The lowest BCUT2D eigenvalue weighted by Crippen LogP contribution is -2.39. The number of aromatic nitrogens is 2. The van der Waals surface area contributed by atoms with Gasteiger partial charge in [0, 0.05) is 38.6 Å². The van der Waals surface area contributed by atoms with Gasteiger partial charge in [-0.2, -0.15) is 0 Å². The highest BCUT2D eigenvalue weighted by atomic mass is 16.3. The maximum atomic E-state index is 12.0. The van der Waals surface area contributed by atoms with Crippen LogP contribution in [0.5, 0.6) is 0 Å². The van der Waals surface area contributed by atoms with Crippen molar-refractivity contribution in [2.45, 2.75) is 19.3 Å². The summed E-state index contributed by atoms with van der Waals surface area (Å²) in [4.78, 5) is 21.6. The van der Waals surface area contributed by atoms with Crippen LogP contribution >= 0.6 is 0 Å². The molecule has 1 fully saturated rings. The van der Waals surface area contributed by atoms with Crippen molar-refractivity contribution in [1.29, 1.82) is 0 Å². The molecule has 2 heterocycles. The Balaban J connectivity index is 1.41. The van der Waals surface area contributed by atoms with E-state index in [0.29, 0.717) is 13.1 Å². The number of rotatable bonds is 5. The zero-order chi connectivity index (χ0) is 15.4.